The van der Waals surface area contributed by atoms with Crippen LogP contribution in [0.5, 0.6) is 5.75 Å². The van der Waals surface area contributed by atoms with E-state index < -0.39 is 5.97 Å². The van der Waals surface area contributed by atoms with E-state index in [2.05, 4.69) is 10.1 Å². The number of hydrogen-bond donors (Lipinski definition) is 0. The normalized spacial score (nSPS) is 11.0. The van der Waals surface area contributed by atoms with Crippen LogP contribution in [0.3, 0.4) is 0 Å². The lowest BCUT2D eigenvalue weighted by Gasteiger charge is -2.05. The van der Waals surface area contributed by atoms with Gasteiger partial charge in [0.1, 0.15) is 5.75 Å². The minimum absolute atomic E-state index is 0.0425. The smallest absolute Gasteiger partial charge is 0.338 e. The number of carbonyl (C=O) groups excluding carboxylic acids is 1. The molecule has 1 heterocycles. The molecule has 0 amide bonds. The quantitative estimate of drug-likeness (QED) is 0.665. The van der Waals surface area contributed by atoms with Crippen LogP contribution in [0.4, 0.5) is 0 Å². The number of aromatic nitrogens is 2. The van der Waals surface area contributed by atoms with Gasteiger partial charge in [0.15, 0.2) is 12.4 Å². The SMILES string of the molecule is COc1ccc2cc(C(=O)OCc3nc(C(C)C)no3)ccc2c1. The third-order valence-electron chi connectivity index (χ3n) is 3.61. The Kier molecular flexibility index (Phi) is 4.46. The number of fused-ring (bicyclic) bond motifs is 1. The summed E-state index contributed by atoms with van der Waals surface area (Å²) in [5, 5.41) is 5.76. The Morgan fingerprint density at radius 1 is 1.17 bits per heavy atom. The number of esters is 1. The monoisotopic (exact) mass is 326 g/mol. The van der Waals surface area contributed by atoms with E-state index in [1.54, 1.807) is 19.2 Å². The van der Waals surface area contributed by atoms with Crippen LogP contribution < -0.4 is 4.74 Å². The van der Waals surface area contributed by atoms with Crippen molar-refractivity contribution in [3.8, 4) is 5.75 Å². The molecule has 0 saturated carbocycles. The lowest BCUT2D eigenvalue weighted by Crippen LogP contribution is -2.05. The molecule has 6 heteroatoms. The Morgan fingerprint density at radius 2 is 1.92 bits per heavy atom. The number of benzene rings is 2. The molecule has 3 aromatic rings. The minimum Gasteiger partial charge on any atom is -0.497 e. The van der Waals surface area contributed by atoms with E-state index in [-0.39, 0.29) is 18.4 Å². The number of methoxy groups -OCH3 is 1. The van der Waals surface area contributed by atoms with Gasteiger partial charge in [0.05, 0.1) is 12.7 Å². The van der Waals surface area contributed by atoms with Gasteiger partial charge in [-0.05, 0) is 35.0 Å². The van der Waals surface area contributed by atoms with E-state index >= 15 is 0 Å². The Balaban J connectivity index is 1.71. The van der Waals surface area contributed by atoms with Gasteiger partial charge in [0.2, 0.25) is 0 Å². The lowest BCUT2D eigenvalue weighted by atomic mass is 10.1. The minimum atomic E-state index is -0.433. The van der Waals surface area contributed by atoms with Gasteiger partial charge in [-0.15, -0.1) is 0 Å². The van der Waals surface area contributed by atoms with Crippen molar-refractivity contribution in [3.05, 3.63) is 53.7 Å². The molecular weight excluding hydrogens is 308 g/mol. The van der Waals surface area contributed by atoms with Crippen molar-refractivity contribution in [1.82, 2.24) is 10.1 Å². The number of nitrogens with zero attached hydrogens (tertiary/aromatic N) is 2. The van der Waals surface area contributed by atoms with E-state index in [0.717, 1.165) is 16.5 Å². The topological polar surface area (TPSA) is 74.5 Å². The first kappa shape index (κ1) is 16.0. The summed E-state index contributed by atoms with van der Waals surface area (Å²) in [6, 6.07) is 11.0. The highest BCUT2D eigenvalue weighted by atomic mass is 16.6. The maximum atomic E-state index is 12.2. The molecule has 3 rings (SSSR count). The molecule has 0 aliphatic carbocycles. The second-order valence-electron chi connectivity index (χ2n) is 5.71. The maximum absolute atomic E-state index is 12.2. The van der Waals surface area contributed by atoms with Crippen molar-refractivity contribution >= 4 is 16.7 Å². The van der Waals surface area contributed by atoms with Crippen LogP contribution in [0.1, 0.15) is 41.8 Å². The summed E-state index contributed by atoms with van der Waals surface area (Å²) >= 11 is 0. The zero-order chi connectivity index (χ0) is 17.1. The van der Waals surface area contributed by atoms with E-state index in [1.165, 1.54) is 0 Å². The molecule has 124 valence electrons. The zero-order valence-corrected chi connectivity index (χ0v) is 13.8. The van der Waals surface area contributed by atoms with Gasteiger partial charge < -0.3 is 14.0 Å². The molecule has 0 radical (unpaired) electrons. The highest BCUT2D eigenvalue weighted by Gasteiger charge is 2.13. The predicted octanol–water partition coefficient (Wildman–Crippen LogP) is 3.71. The predicted molar refractivity (Wildman–Crippen MR) is 88.0 cm³/mol. The second kappa shape index (κ2) is 6.70. The van der Waals surface area contributed by atoms with Crippen LogP contribution in [0.2, 0.25) is 0 Å². The Labute approximate surface area is 139 Å². The summed E-state index contributed by atoms with van der Waals surface area (Å²) in [4.78, 5) is 16.4. The van der Waals surface area contributed by atoms with Gasteiger partial charge in [-0.25, -0.2) is 4.79 Å². The lowest BCUT2D eigenvalue weighted by molar-refractivity contribution is 0.0430. The number of hydrogen-bond acceptors (Lipinski definition) is 6. The van der Waals surface area contributed by atoms with E-state index in [0.29, 0.717) is 11.4 Å². The van der Waals surface area contributed by atoms with Crippen LogP contribution in [0.25, 0.3) is 10.8 Å². The summed E-state index contributed by atoms with van der Waals surface area (Å²) < 4.78 is 15.5. The summed E-state index contributed by atoms with van der Waals surface area (Å²) in [6.45, 7) is 3.88. The highest BCUT2D eigenvalue weighted by molar-refractivity contribution is 5.95. The van der Waals surface area contributed by atoms with Crippen LogP contribution in [0.15, 0.2) is 40.9 Å². The number of carbonyl (C=O) groups is 1. The molecule has 0 fully saturated rings. The molecule has 24 heavy (non-hydrogen) atoms. The molecule has 0 unspecified atom stereocenters. The Hall–Kier alpha value is -2.89. The molecule has 1 aromatic heterocycles. The molecule has 0 atom stereocenters. The largest absolute Gasteiger partial charge is 0.497 e. The standard InChI is InChI=1S/C18H18N2O4/c1-11(2)17-19-16(24-20-17)10-23-18(21)14-5-4-13-9-15(22-3)7-6-12(13)8-14/h4-9,11H,10H2,1-3H3. The molecule has 0 N–H and O–H groups in total. The zero-order valence-electron chi connectivity index (χ0n) is 13.8. The fraction of sp³-hybridized carbons (Fsp3) is 0.278. The van der Waals surface area contributed by atoms with E-state index in [1.807, 2.05) is 38.1 Å². The van der Waals surface area contributed by atoms with Crippen molar-refractivity contribution in [2.75, 3.05) is 7.11 Å². The van der Waals surface area contributed by atoms with Gasteiger partial charge in [-0.3, -0.25) is 0 Å². The van der Waals surface area contributed by atoms with Gasteiger partial charge in [-0.2, -0.15) is 4.98 Å². The average Bonchev–Trinajstić information content (AvgIpc) is 3.08. The third kappa shape index (κ3) is 3.37. The highest BCUT2D eigenvalue weighted by Crippen LogP contribution is 2.22. The second-order valence-corrected chi connectivity index (χ2v) is 5.71. The van der Waals surface area contributed by atoms with Crippen molar-refractivity contribution in [3.63, 3.8) is 0 Å². The van der Waals surface area contributed by atoms with Crippen LogP contribution in [-0.2, 0) is 11.3 Å². The molecule has 2 aromatic carbocycles. The van der Waals surface area contributed by atoms with Crippen LogP contribution in [-0.4, -0.2) is 23.2 Å². The van der Waals surface area contributed by atoms with E-state index in [4.69, 9.17) is 14.0 Å². The molecule has 0 aliphatic rings. The molecule has 6 nitrogen and oxygen atoms in total. The first-order valence-corrected chi connectivity index (χ1v) is 7.64. The molecular formula is C18H18N2O4. The molecule has 0 spiro atoms. The van der Waals surface area contributed by atoms with Crippen molar-refractivity contribution in [2.24, 2.45) is 0 Å². The van der Waals surface area contributed by atoms with Gasteiger partial charge in [0.25, 0.3) is 5.89 Å². The number of ether oxygens (including phenoxy) is 2. The Bertz CT molecular complexity index is 870. The third-order valence-corrected chi connectivity index (χ3v) is 3.61. The first-order valence-electron chi connectivity index (χ1n) is 7.64. The first-order chi connectivity index (χ1) is 11.6. The maximum Gasteiger partial charge on any atom is 0.338 e. The van der Waals surface area contributed by atoms with Crippen LogP contribution in [0, 0.1) is 0 Å². The summed E-state index contributed by atoms with van der Waals surface area (Å²) in [5.41, 5.74) is 0.469. The van der Waals surface area contributed by atoms with Gasteiger partial charge >= 0.3 is 5.97 Å². The molecule has 0 bridgehead atoms. The summed E-state index contributed by atoms with van der Waals surface area (Å²) in [6.07, 6.45) is 0. The number of rotatable bonds is 5. The molecule has 0 aliphatic heterocycles. The average molecular weight is 326 g/mol. The van der Waals surface area contributed by atoms with Crippen LogP contribution >= 0.6 is 0 Å². The summed E-state index contributed by atoms with van der Waals surface area (Å²) in [7, 11) is 1.62. The van der Waals surface area contributed by atoms with E-state index in [9.17, 15) is 4.79 Å². The van der Waals surface area contributed by atoms with Gasteiger partial charge in [0, 0.05) is 5.92 Å². The molecule has 0 saturated heterocycles. The van der Waals surface area contributed by atoms with Crippen molar-refractivity contribution in [1.29, 1.82) is 0 Å². The fourth-order valence-corrected chi connectivity index (χ4v) is 2.25. The Morgan fingerprint density at radius 3 is 2.62 bits per heavy atom. The van der Waals surface area contributed by atoms with Crippen molar-refractivity contribution < 1.29 is 18.8 Å². The fourth-order valence-electron chi connectivity index (χ4n) is 2.25. The van der Waals surface area contributed by atoms with Gasteiger partial charge in [-0.1, -0.05) is 31.1 Å². The summed E-state index contributed by atoms with van der Waals surface area (Å²) in [5.74, 6) is 1.39. The van der Waals surface area contributed by atoms with Crippen molar-refractivity contribution in [2.45, 2.75) is 26.4 Å².